The molecule has 0 aliphatic carbocycles. The molecule has 2 amide bonds. The number of fused-ring (bicyclic) bond motifs is 2. The van der Waals surface area contributed by atoms with Gasteiger partial charge in [0.05, 0.1) is 34.6 Å². The lowest BCUT2D eigenvalue weighted by Crippen LogP contribution is -2.36. The molecule has 0 spiro atoms. The Morgan fingerprint density at radius 2 is 1.90 bits per heavy atom. The quantitative estimate of drug-likeness (QED) is 0.531. The first kappa shape index (κ1) is 18.1. The van der Waals surface area contributed by atoms with Crippen LogP contribution in [0.1, 0.15) is 17.3 Å². The molecule has 0 fully saturated rings. The van der Waals surface area contributed by atoms with Gasteiger partial charge >= 0.3 is 0 Å². The van der Waals surface area contributed by atoms with E-state index in [0.29, 0.717) is 33.9 Å². The number of anilines is 2. The summed E-state index contributed by atoms with van der Waals surface area (Å²) in [5.74, 6) is -0.0407. The summed E-state index contributed by atoms with van der Waals surface area (Å²) in [6.07, 6.45) is 1.58. The first-order valence-electron chi connectivity index (χ1n) is 9.77. The minimum absolute atomic E-state index is 0.103. The van der Waals surface area contributed by atoms with Crippen LogP contribution >= 0.6 is 0 Å². The van der Waals surface area contributed by atoms with Gasteiger partial charge in [-0.2, -0.15) is 0 Å². The summed E-state index contributed by atoms with van der Waals surface area (Å²) >= 11 is 0. The van der Waals surface area contributed by atoms with Gasteiger partial charge in [0.1, 0.15) is 5.69 Å². The summed E-state index contributed by atoms with van der Waals surface area (Å²) < 4.78 is 5.51. The van der Waals surface area contributed by atoms with Crippen LogP contribution in [0.3, 0.4) is 0 Å². The van der Waals surface area contributed by atoms with Gasteiger partial charge in [0, 0.05) is 11.9 Å². The molecule has 0 radical (unpaired) electrons. The molecule has 1 aliphatic heterocycles. The maximum absolute atomic E-state index is 13.8. The highest BCUT2D eigenvalue weighted by Crippen LogP contribution is 2.33. The van der Waals surface area contributed by atoms with Gasteiger partial charge in [-0.05, 0) is 36.4 Å². The molecule has 6 heteroatoms. The molecule has 1 N–H and O–H groups in total. The normalized spacial score (nSPS) is 16.1. The predicted molar refractivity (Wildman–Crippen MR) is 115 cm³/mol. The zero-order valence-electron chi connectivity index (χ0n) is 16.3. The van der Waals surface area contributed by atoms with E-state index in [1.807, 2.05) is 61.5 Å². The van der Waals surface area contributed by atoms with Crippen molar-refractivity contribution in [3.63, 3.8) is 0 Å². The number of para-hydroxylation sites is 3. The van der Waals surface area contributed by atoms with Gasteiger partial charge in [-0.15, -0.1) is 0 Å². The summed E-state index contributed by atoms with van der Waals surface area (Å²) in [5, 5.41) is 3.68. The number of furan rings is 1. The fourth-order valence-corrected chi connectivity index (χ4v) is 3.77. The van der Waals surface area contributed by atoms with E-state index in [2.05, 4.69) is 10.3 Å². The maximum atomic E-state index is 13.8. The lowest BCUT2D eigenvalue weighted by Gasteiger charge is -2.24. The molecular weight excluding hydrogens is 378 g/mol. The topological polar surface area (TPSA) is 75.4 Å². The van der Waals surface area contributed by atoms with Crippen LogP contribution in [0.5, 0.6) is 0 Å². The summed E-state index contributed by atoms with van der Waals surface area (Å²) in [6.45, 7) is 2.11. The van der Waals surface area contributed by atoms with Crippen LogP contribution < -0.4 is 10.2 Å². The van der Waals surface area contributed by atoms with Crippen molar-refractivity contribution >= 4 is 34.1 Å². The molecule has 6 nitrogen and oxygen atoms in total. The molecule has 4 aromatic rings. The number of nitrogens with zero attached hydrogens (tertiary/aromatic N) is 2. The second kappa shape index (κ2) is 7.15. The van der Waals surface area contributed by atoms with Crippen LogP contribution in [0.25, 0.3) is 22.4 Å². The molecule has 1 unspecified atom stereocenters. The van der Waals surface area contributed by atoms with Crippen molar-refractivity contribution in [3.05, 3.63) is 78.6 Å². The molecule has 0 saturated heterocycles. The largest absolute Gasteiger partial charge is 0.463 e. The summed E-state index contributed by atoms with van der Waals surface area (Å²) in [5.41, 5.74) is 3.13. The number of aromatic nitrogens is 1. The molecular formula is C24H19N3O3. The van der Waals surface area contributed by atoms with Crippen molar-refractivity contribution in [1.29, 1.82) is 0 Å². The van der Waals surface area contributed by atoms with Gasteiger partial charge in [-0.1, -0.05) is 37.3 Å². The first-order chi connectivity index (χ1) is 14.6. The van der Waals surface area contributed by atoms with Gasteiger partial charge in [-0.3, -0.25) is 9.59 Å². The average Bonchev–Trinajstić information content (AvgIpc) is 3.27. The number of pyridine rings is 1. The molecule has 0 saturated carbocycles. The minimum Gasteiger partial charge on any atom is -0.463 e. The smallest absolute Gasteiger partial charge is 0.259 e. The van der Waals surface area contributed by atoms with E-state index in [1.54, 1.807) is 23.3 Å². The Morgan fingerprint density at radius 3 is 2.73 bits per heavy atom. The van der Waals surface area contributed by atoms with Crippen LogP contribution in [0.2, 0.25) is 0 Å². The van der Waals surface area contributed by atoms with Gasteiger partial charge < -0.3 is 14.6 Å². The highest BCUT2D eigenvalue weighted by molar-refractivity contribution is 6.16. The maximum Gasteiger partial charge on any atom is 0.259 e. The van der Waals surface area contributed by atoms with Crippen molar-refractivity contribution in [2.75, 3.05) is 16.8 Å². The van der Waals surface area contributed by atoms with Gasteiger partial charge in [-0.25, -0.2) is 4.98 Å². The second-order valence-corrected chi connectivity index (χ2v) is 7.37. The van der Waals surface area contributed by atoms with Crippen molar-refractivity contribution < 1.29 is 14.0 Å². The molecule has 1 atom stereocenters. The van der Waals surface area contributed by atoms with Gasteiger partial charge in [0.15, 0.2) is 5.76 Å². The van der Waals surface area contributed by atoms with E-state index in [9.17, 15) is 9.59 Å². The highest BCUT2D eigenvalue weighted by atomic mass is 16.3. The number of rotatable bonds is 2. The van der Waals surface area contributed by atoms with Crippen LogP contribution in [0.15, 0.2) is 77.4 Å². The molecule has 0 bridgehead atoms. The van der Waals surface area contributed by atoms with Crippen molar-refractivity contribution in [1.82, 2.24) is 4.98 Å². The lowest BCUT2D eigenvalue weighted by atomic mass is 10.0. The van der Waals surface area contributed by atoms with E-state index < -0.39 is 0 Å². The second-order valence-electron chi connectivity index (χ2n) is 7.37. The van der Waals surface area contributed by atoms with Gasteiger partial charge in [0.2, 0.25) is 5.91 Å². The first-order valence-corrected chi connectivity index (χ1v) is 9.77. The van der Waals surface area contributed by atoms with E-state index in [-0.39, 0.29) is 24.3 Å². The average molecular weight is 397 g/mol. The minimum atomic E-state index is -0.348. The number of hydrogen-bond acceptors (Lipinski definition) is 4. The Morgan fingerprint density at radius 1 is 1.10 bits per heavy atom. The zero-order valence-corrected chi connectivity index (χ0v) is 16.3. The number of nitrogens with one attached hydrogen (secondary N) is 1. The molecule has 30 heavy (non-hydrogen) atoms. The van der Waals surface area contributed by atoms with Crippen LogP contribution in [-0.2, 0) is 4.79 Å². The number of hydrogen-bond donors (Lipinski definition) is 1. The fourth-order valence-electron chi connectivity index (χ4n) is 3.77. The van der Waals surface area contributed by atoms with E-state index >= 15 is 0 Å². The number of benzene rings is 2. The monoisotopic (exact) mass is 397 g/mol. The third-order valence-corrected chi connectivity index (χ3v) is 5.32. The van der Waals surface area contributed by atoms with E-state index in [1.165, 1.54) is 0 Å². The Labute approximate surface area is 173 Å². The SMILES string of the molecule is CC1CN(C(=O)c2cc(-c3ccco3)nc3ccccc23)c2ccccc2NC1=O. The van der Waals surface area contributed by atoms with Crippen LogP contribution in [0, 0.1) is 5.92 Å². The Bertz CT molecular complexity index is 1260. The summed E-state index contributed by atoms with van der Waals surface area (Å²) in [7, 11) is 0. The Balaban J connectivity index is 1.69. The zero-order chi connectivity index (χ0) is 20.7. The Hall–Kier alpha value is -3.93. The third-order valence-electron chi connectivity index (χ3n) is 5.32. The highest BCUT2D eigenvalue weighted by Gasteiger charge is 2.30. The van der Waals surface area contributed by atoms with Crippen LogP contribution in [0.4, 0.5) is 11.4 Å². The summed E-state index contributed by atoms with van der Waals surface area (Å²) in [4.78, 5) is 32.6. The molecule has 2 aromatic heterocycles. The van der Waals surface area contributed by atoms with Crippen molar-refractivity contribution in [2.45, 2.75) is 6.92 Å². The number of carbonyl (C=O) groups excluding carboxylic acids is 2. The molecule has 1 aliphatic rings. The molecule has 148 valence electrons. The number of amides is 2. The third kappa shape index (κ3) is 3.03. The molecule has 2 aromatic carbocycles. The van der Waals surface area contributed by atoms with E-state index in [4.69, 9.17) is 4.42 Å². The Kier molecular flexibility index (Phi) is 4.32. The molecule has 5 rings (SSSR count). The number of carbonyl (C=O) groups is 2. The van der Waals surface area contributed by atoms with Crippen molar-refractivity contribution in [3.8, 4) is 11.5 Å². The standard InChI is InChI=1S/C24H19N3O3/c1-15-14-27(21-10-5-4-9-19(21)26-23(15)28)24(29)17-13-20(22-11-6-12-30-22)25-18-8-3-2-7-16(17)18/h2-13,15H,14H2,1H3,(H,26,28). The lowest BCUT2D eigenvalue weighted by molar-refractivity contribution is -0.119. The fraction of sp³-hybridized carbons (Fsp3) is 0.125. The van der Waals surface area contributed by atoms with Crippen LogP contribution in [-0.4, -0.2) is 23.3 Å². The summed E-state index contributed by atoms with van der Waals surface area (Å²) in [6, 6.07) is 20.3. The van der Waals surface area contributed by atoms with E-state index in [0.717, 1.165) is 5.39 Å². The molecule has 3 heterocycles. The predicted octanol–water partition coefficient (Wildman–Crippen LogP) is 4.73. The van der Waals surface area contributed by atoms with Crippen molar-refractivity contribution in [2.24, 2.45) is 5.92 Å². The van der Waals surface area contributed by atoms with Gasteiger partial charge in [0.25, 0.3) is 5.91 Å².